The molecule has 4 nitrogen and oxygen atoms in total. The molecule has 0 bridgehead atoms. The number of carbonyl (C=O) groups excluding carboxylic acids is 2. The van der Waals surface area contributed by atoms with Crippen LogP contribution < -0.4 is 11.1 Å². The maximum Gasteiger partial charge on any atom is 0.417 e. The van der Waals surface area contributed by atoms with Gasteiger partial charge in [0.15, 0.2) is 0 Å². The maximum absolute atomic E-state index is 14.2. The van der Waals surface area contributed by atoms with Crippen LogP contribution in [0.15, 0.2) is 84.9 Å². The Hall–Kier alpha value is -4.60. The fourth-order valence-corrected chi connectivity index (χ4v) is 4.98. The number of amides is 2. The minimum absolute atomic E-state index is 0.144. The fraction of sp³-hybridized carbons (Fsp3) is 0.235. The predicted octanol–water partition coefficient (Wildman–Crippen LogP) is 9.49. The Balaban J connectivity index is 1.66. The van der Waals surface area contributed by atoms with Crippen LogP contribution in [0.25, 0.3) is 22.3 Å². The van der Waals surface area contributed by atoms with E-state index in [9.17, 15) is 35.9 Å². The molecule has 2 amide bonds. The lowest BCUT2D eigenvalue weighted by Gasteiger charge is -2.29. The first-order valence-electron chi connectivity index (χ1n) is 13.8. The first kappa shape index (κ1) is 32.3. The van der Waals surface area contributed by atoms with Gasteiger partial charge in [0.2, 0.25) is 5.91 Å². The molecule has 4 aromatic carbocycles. The second-order valence-electron chi connectivity index (χ2n) is 10.8. The number of nitrogens with two attached hydrogens (primary N) is 1. The van der Waals surface area contributed by atoms with Crippen LogP contribution in [0.5, 0.6) is 0 Å². The van der Waals surface area contributed by atoms with Gasteiger partial charge >= 0.3 is 12.4 Å². The lowest BCUT2D eigenvalue weighted by molar-refractivity contribution is -0.139. The van der Waals surface area contributed by atoms with E-state index in [4.69, 9.17) is 5.73 Å². The van der Waals surface area contributed by atoms with Crippen LogP contribution in [-0.2, 0) is 17.8 Å². The SMILES string of the molecule is CCC(C)(CC)c1ccc(-c2ccc(NC(=O)c3ccc(-c4ccc(C(N)=O)cc4)cc3)cc2C(F)(F)F)c(C(F)(F)F)c1. The highest BCUT2D eigenvalue weighted by atomic mass is 19.4. The number of benzene rings is 4. The molecular formula is C34H30F6N2O2. The summed E-state index contributed by atoms with van der Waals surface area (Å²) in [7, 11) is 0. The lowest BCUT2D eigenvalue weighted by atomic mass is 9.76. The summed E-state index contributed by atoms with van der Waals surface area (Å²) >= 11 is 0. The van der Waals surface area contributed by atoms with E-state index >= 15 is 0 Å². The summed E-state index contributed by atoms with van der Waals surface area (Å²) in [5.41, 5.74) is 3.06. The van der Waals surface area contributed by atoms with Crippen molar-refractivity contribution in [2.75, 3.05) is 5.32 Å². The number of halogens is 6. The molecule has 0 heterocycles. The van der Waals surface area contributed by atoms with Crippen molar-refractivity contribution in [2.45, 2.75) is 51.4 Å². The molecule has 0 atom stereocenters. The van der Waals surface area contributed by atoms with Gasteiger partial charge in [-0.3, -0.25) is 9.59 Å². The zero-order valence-corrected chi connectivity index (χ0v) is 24.2. The summed E-state index contributed by atoms with van der Waals surface area (Å²) in [5, 5.41) is 2.41. The molecule has 0 fully saturated rings. The van der Waals surface area contributed by atoms with Crippen LogP contribution in [0, 0.1) is 0 Å². The quantitative estimate of drug-likeness (QED) is 0.195. The van der Waals surface area contributed by atoms with Gasteiger partial charge in [-0.1, -0.05) is 63.2 Å². The normalized spacial score (nSPS) is 12.2. The third-order valence-corrected chi connectivity index (χ3v) is 8.11. The van der Waals surface area contributed by atoms with Gasteiger partial charge in [0.05, 0.1) is 11.1 Å². The third-order valence-electron chi connectivity index (χ3n) is 8.11. The van der Waals surface area contributed by atoms with E-state index in [1.807, 2.05) is 20.8 Å². The molecule has 0 unspecified atom stereocenters. The molecule has 4 rings (SSSR count). The van der Waals surface area contributed by atoms with Gasteiger partial charge in [0, 0.05) is 16.8 Å². The number of alkyl halides is 6. The number of nitrogens with one attached hydrogen (secondary N) is 1. The van der Waals surface area contributed by atoms with Gasteiger partial charge in [-0.25, -0.2) is 0 Å². The maximum atomic E-state index is 14.2. The van der Waals surface area contributed by atoms with Gasteiger partial charge in [-0.2, -0.15) is 26.3 Å². The summed E-state index contributed by atoms with van der Waals surface area (Å²) in [6.07, 6.45) is -8.81. The van der Waals surface area contributed by atoms with Gasteiger partial charge in [-0.05, 0) is 88.5 Å². The van der Waals surface area contributed by atoms with Gasteiger partial charge in [-0.15, -0.1) is 0 Å². The van der Waals surface area contributed by atoms with Gasteiger partial charge in [0.1, 0.15) is 0 Å². The van der Waals surface area contributed by atoms with Crippen molar-refractivity contribution < 1.29 is 35.9 Å². The van der Waals surface area contributed by atoms with E-state index < -0.39 is 51.8 Å². The Morgan fingerprint density at radius 1 is 0.659 bits per heavy atom. The average Bonchev–Trinajstić information content (AvgIpc) is 2.99. The second-order valence-corrected chi connectivity index (χ2v) is 10.8. The van der Waals surface area contributed by atoms with Crippen LogP contribution in [0.4, 0.5) is 32.0 Å². The van der Waals surface area contributed by atoms with E-state index in [-0.39, 0.29) is 11.3 Å². The zero-order valence-electron chi connectivity index (χ0n) is 24.2. The first-order chi connectivity index (χ1) is 20.6. The molecule has 0 aromatic heterocycles. The van der Waals surface area contributed by atoms with Gasteiger partial charge < -0.3 is 11.1 Å². The van der Waals surface area contributed by atoms with Crippen molar-refractivity contribution in [3.63, 3.8) is 0 Å². The summed E-state index contributed by atoms with van der Waals surface area (Å²) in [4.78, 5) is 24.2. The van der Waals surface area contributed by atoms with Gasteiger partial charge in [0.25, 0.3) is 5.91 Å². The Morgan fingerprint density at radius 3 is 1.57 bits per heavy atom. The molecule has 0 saturated heterocycles. The average molecular weight is 613 g/mol. The number of hydrogen-bond donors (Lipinski definition) is 2. The summed E-state index contributed by atoms with van der Waals surface area (Å²) < 4.78 is 85.3. The standard InChI is InChI=1S/C34H30F6N2O2/c1-4-32(3,5-2)24-14-16-26(28(18-24)33(35,36)37)27-17-15-25(19-29(27)34(38,39)40)42-31(44)23-12-8-21(9-13-23)20-6-10-22(11-7-20)30(41)43/h6-19H,4-5H2,1-3H3,(H2,41,43)(H,42,44). The van der Waals surface area contributed by atoms with Crippen molar-refractivity contribution in [3.8, 4) is 22.3 Å². The molecule has 10 heteroatoms. The van der Waals surface area contributed by atoms with E-state index in [1.165, 1.54) is 18.2 Å². The molecule has 0 aliphatic heterocycles. The summed E-state index contributed by atoms with van der Waals surface area (Å²) in [5.74, 6) is -1.28. The van der Waals surface area contributed by atoms with Crippen LogP contribution in [0.1, 0.15) is 71.0 Å². The van der Waals surface area contributed by atoms with Crippen LogP contribution in [-0.4, -0.2) is 11.8 Å². The number of anilines is 1. The molecule has 230 valence electrons. The fourth-order valence-electron chi connectivity index (χ4n) is 4.98. The smallest absolute Gasteiger partial charge is 0.366 e. The predicted molar refractivity (Wildman–Crippen MR) is 158 cm³/mol. The number of hydrogen-bond acceptors (Lipinski definition) is 2. The highest BCUT2D eigenvalue weighted by Crippen LogP contribution is 2.45. The van der Waals surface area contributed by atoms with Crippen molar-refractivity contribution in [1.29, 1.82) is 0 Å². The number of primary amides is 1. The molecular weight excluding hydrogens is 582 g/mol. The molecule has 0 radical (unpaired) electrons. The lowest BCUT2D eigenvalue weighted by Crippen LogP contribution is -2.21. The Morgan fingerprint density at radius 2 is 1.11 bits per heavy atom. The second kappa shape index (κ2) is 12.2. The summed E-state index contributed by atoms with van der Waals surface area (Å²) in [6.45, 7) is 5.51. The van der Waals surface area contributed by atoms with Crippen LogP contribution in [0.3, 0.4) is 0 Å². The number of carbonyl (C=O) groups is 2. The Kier molecular flexibility index (Phi) is 8.95. The van der Waals surface area contributed by atoms with Crippen molar-refractivity contribution in [2.24, 2.45) is 5.73 Å². The Labute approximate surface area is 250 Å². The number of rotatable bonds is 8. The molecule has 0 aliphatic rings. The van der Waals surface area contributed by atoms with Crippen LogP contribution >= 0.6 is 0 Å². The molecule has 0 saturated carbocycles. The topological polar surface area (TPSA) is 72.2 Å². The highest BCUT2D eigenvalue weighted by molar-refractivity contribution is 6.04. The summed E-state index contributed by atoms with van der Waals surface area (Å²) in [6, 6.07) is 18.9. The van der Waals surface area contributed by atoms with E-state index in [2.05, 4.69) is 5.32 Å². The first-order valence-corrected chi connectivity index (χ1v) is 13.8. The minimum atomic E-state index is -5.01. The van der Waals surface area contributed by atoms with Crippen molar-refractivity contribution >= 4 is 17.5 Å². The molecule has 44 heavy (non-hydrogen) atoms. The molecule has 0 spiro atoms. The zero-order chi connectivity index (χ0) is 32.4. The Bertz CT molecular complexity index is 1670. The molecule has 0 aliphatic carbocycles. The largest absolute Gasteiger partial charge is 0.417 e. The van der Waals surface area contributed by atoms with Crippen LogP contribution in [0.2, 0.25) is 0 Å². The minimum Gasteiger partial charge on any atom is -0.366 e. The highest BCUT2D eigenvalue weighted by Gasteiger charge is 2.39. The van der Waals surface area contributed by atoms with E-state index in [1.54, 1.807) is 36.4 Å². The monoisotopic (exact) mass is 612 g/mol. The van der Waals surface area contributed by atoms with E-state index in [0.29, 0.717) is 35.6 Å². The molecule has 3 N–H and O–H groups in total. The van der Waals surface area contributed by atoms with E-state index in [0.717, 1.165) is 29.8 Å². The molecule has 4 aromatic rings. The van der Waals surface area contributed by atoms with Crippen molar-refractivity contribution in [3.05, 3.63) is 113 Å². The van der Waals surface area contributed by atoms with Crippen molar-refractivity contribution in [1.82, 2.24) is 0 Å². The third kappa shape index (κ3) is 6.79.